The van der Waals surface area contributed by atoms with Gasteiger partial charge < -0.3 is 15.1 Å². The molecule has 0 aliphatic rings. The Morgan fingerprint density at radius 2 is 1.95 bits per heavy atom. The van der Waals surface area contributed by atoms with Crippen molar-refractivity contribution >= 4 is 11.6 Å². The van der Waals surface area contributed by atoms with Crippen LogP contribution in [0.3, 0.4) is 0 Å². The molecule has 0 aliphatic carbocycles. The molecule has 0 fully saturated rings. The van der Waals surface area contributed by atoms with Gasteiger partial charge in [-0.05, 0) is 19.1 Å². The topological polar surface area (TPSA) is 63.0 Å². The summed E-state index contributed by atoms with van der Waals surface area (Å²) in [6, 6.07) is 1.89. The van der Waals surface area contributed by atoms with Crippen molar-refractivity contribution < 1.29 is 17.6 Å². The first-order chi connectivity index (χ1) is 9.38. The summed E-state index contributed by atoms with van der Waals surface area (Å²) in [5, 5.41) is 5.35. The highest BCUT2D eigenvalue weighted by Crippen LogP contribution is 2.32. The molecule has 5 nitrogen and oxygen atoms in total. The Hall–Kier alpha value is -2.25. The number of anilines is 2. The minimum Gasteiger partial charge on any atom is -0.444 e. The highest BCUT2D eigenvalue weighted by atomic mass is 19.4. The fraction of sp³-hybridized carbons (Fsp3) is 0.333. The Kier molecular flexibility index (Phi) is 3.82. The summed E-state index contributed by atoms with van der Waals surface area (Å²) in [7, 11) is 1.50. The van der Waals surface area contributed by atoms with Crippen LogP contribution in [-0.2, 0) is 12.7 Å². The minimum atomic E-state index is -4.43. The number of hydrogen-bond donors (Lipinski definition) is 2. The van der Waals surface area contributed by atoms with E-state index in [-0.39, 0.29) is 18.2 Å². The molecule has 0 aromatic carbocycles. The molecule has 0 saturated heterocycles. The summed E-state index contributed by atoms with van der Waals surface area (Å²) in [4.78, 5) is 7.95. The summed E-state index contributed by atoms with van der Waals surface area (Å²) in [5.74, 6) is 1.24. The van der Waals surface area contributed by atoms with Gasteiger partial charge in [0, 0.05) is 7.05 Å². The predicted octanol–water partition coefficient (Wildman–Crippen LogP) is 3.05. The van der Waals surface area contributed by atoms with Crippen LogP contribution in [0, 0.1) is 6.92 Å². The number of alkyl halides is 3. The predicted molar refractivity (Wildman–Crippen MR) is 67.4 cm³/mol. The normalized spacial score (nSPS) is 11.4. The summed E-state index contributed by atoms with van der Waals surface area (Å²) in [5.41, 5.74) is -0.775. The Morgan fingerprint density at radius 1 is 1.25 bits per heavy atom. The third-order valence-electron chi connectivity index (χ3n) is 2.50. The molecule has 20 heavy (non-hydrogen) atoms. The van der Waals surface area contributed by atoms with Crippen LogP contribution in [0.25, 0.3) is 0 Å². The van der Waals surface area contributed by atoms with E-state index in [4.69, 9.17) is 4.42 Å². The zero-order valence-corrected chi connectivity index (χ0v) is 10.9. The lowest BCUT2D eigenvalue weighted by Gasteiger charge is -2.11. The number of rotatable bonds is 4. The summed E-state index contributed by atoms with van der Waals surface area (Å²) < 4.78 is 43.4. The molecule has 0 saturated carbocycles. The maximum absolute atomic E-state index is 12.7. The van der Waals surface area contributed by atoms with E-state index in [0.29, 0.717) is 11.7 Å². The summed E-state index contributed by atoms with van der Waals surface area (Å²) in [6.45, 7) is 1.89. The average Bonchev–Trinajstić information content (AvgIpc) is 2.81. The van der Waals surface area contributed by atoms with Gasteiger partial charge in [0.15, 0.2) is 0 Å². The number of aryl methyl sites for hydroxylation is 1. The van der Waals surface area contributed by atoms with E-state index < -0.39 is 11.7 Å². The molecule has 0 aliphatic heterocycles. The van der Waals surface area contributed by atoms with Gasteiger partial charge in [0.1, 0.15) is 17.4 Å². The third-order valence-corrected chi connectivity index (χ3v) is 2.50. The van der Waals surface area contributed by atoms with Crippen LogP contribution in [0.5, 0.6) is 0 Å². The average molecular weight is 286 g/mol. The zero-order chi connectivity index (χ0) is 14.8. The lowest BCUT2D eigenvalue weighted by Crippen LogP contribution is -2.10. The Bertz CT molecular complexity index is 595. The maximum Gasteiger partial charge on any atom is 0.416 e. The first kappa shape index (κ1) is 14.2. The van der Waals surface area contributed by atoms with Gasteiger partial charge in [-0.3, -0.25) is 0 Å². The highest BCUT2D eigenvalue weighted by molar-refractivity contribution is 5.49. The lowest BCUT2D eigenvalue weighted by molar-refractivity contribution is -0.137. The quantitative estimate of drug-likeness (QED) is 0.904. The molecular weight excluding hydrogens is 273 g/mol. The van der Waals surface area contributed by atoms with Gasteiger partial charge in [0.2, 0.25) is 5.89 Å². The second-order valence-electron chi connectivity index (χ2n) is 4.09. The van der Waals surface area contributed by atoms with Gasteiger partial charge in [0.25, 0.3) is 0 Å². The van der Waals surface area contributed by atoms with Crippen LogP contribution in [-0.4, -0.2) is 17.0 Å². The van der Waals surface area contributed by atoms with Gasteiger partial charge in [-0.25, -0.2) is 9.97 Å². The first-order valence-electron chi connectivity index (χ1n) is 5.80. The van der Waals surface area contributed by atoms with Crippen LogP contribution in [0.15, 0.2) is 22.7 Å². The van der Waals surface area contributed by atoms with Crippen molar-refractivity contribution in [3.8, 4) is 0 Å². The highest BCUT2D eigenvalue weighted by Gasteiger charge is 2.31. The number of pyridine rings is 1. The van der Waals surface area contributed by atoms with Crippen LogP contribution >= 0.6 is 0 Å². The van der Waals surface area contributed by atoms with E-state index in [1.807, 2.05) is 0 Å². The molecule has 2 heterocycles. The molecule has 0 amide bonds. The number of nitrogens with one attached hydrogen (secondary N) is 2. The van der Waals surface area contributed by atoms with Crippen molar-refractivity contribution in [2.24, 2.45) is 0 Å². The molecule has 0 bridgehead atoms. The Balaban J connectivity index is 2.18. The van der Waals surface area contributed by atoms with E-state index in [1.54, 1.807) is 6.92 Å². The lowest BCUT2D eigenvalue weighted by atomic mass is 10.2. The van der Waals surface area contributed by atoms with E-state index in [0.717, 1.165) is 12.1 Å². The Labute approximate surface area is 113 Å². The maximum atomic E-state index is 12.7. The number of oxazole rings is 1. The molecule has 2 rings (SSSR count). The van der Waals surface area contributed by atoms with E-state index in [9.17, 15) is 13.2 Å². The number of hydrogen-bond acceptors (Lipinski definition) is 5. The Morgan fingerprint density at radius 3 is 2.50 bits per heavy atom. The molecule has 2 aromatic rings. The van der Waals surface area contributed by atoms with Crippen molar-refractivity contribution in [2.75, 3.05) is 17.7 Å². The number of aromatic nitrogens is 2. The van der Waals surface area contributed by atoms with E-state index >= 15 is 0 Å². The second-order valence-corrected chi connectivity index (χ2v) is 4.09. The second kappa shape index (κ2) is 5.40. The van der Waals surface area contributed by atoms with Crippen molar-refractivity contribution in [1.82, 2.24) is 9.97 Å². The van der Waals surface area contributed by atoms with Crippen LogP contribution in [0.2, 0.25) is 0 Å². The van der Waals surface area contributed by atoms with Gasteiger partial charge in [0.05, 0.1) is 18.3 Å². The van der Waals surface area contributed by atoms with Gasteiger partial charge in [-0.1, -0.05) is 0 Å². The molecule has 0 atom stereocenters. The molecule has 0 radical (unpaired) electrons. The molecule has 108 valence electrons. The fourth-order valence-electron chi connectivity index (χ4n) is 1.56. The van der Waals surface area contributed by atoms with Gasteiger partial charge >= 0.3 is 6.18 Å². The van der Waals surface area contributed by atoms with E-state index in [2.05, 4.69) is 20.6 Å². The molecular formula is C12H13F3N4O. The molecule has 0 spiro atoms. The van der Waals surface area contributed by atoms with Crippen molar-refractivity contribution in [2.45, 2.75) is 19.6 Å². The number of nitrogens with zero attached hydrogens (tertiary/aromatic N) is 2. The molecule has 2 N–H and O–H groups in total. The molecule has 8 heteroatoms. The number of halogens is 3. The first-order valence-corrected chi connectivity index (χ1v) is 5.80. The van der Waals surface area contributed by atoms with E-state index in [1.165, 1.54) is 13.2 Å². The molecule has 0 unspecified atom stereocenters. The minimum absolute atomic E-state index is 0.0972. The largest absolute Gasteiger partial charge is 0.444 e. The smallest absolute Gasteiger partial charge is 0.416 e. The standard InChI is InChI=1S/C12H13F3N4O/c1-7-5-18-11(20-7)6-17-10-4-8(12(13,14)15)3-9(16-2)19-10/h3-5H,6H2,1-2H3,(H2,16,17,19). The zero-order valence-electron chi connectivity index (χ0n) is 10.9. The van der Waals surface area contributed by atoms with Gasteiger partial charge in [-0.2, -0.15) is 13.2 Å². The van der Waals surface area contributed by atoms with Gasteiger partial charge in [-0.15, -0.1) is 0 Å². The SMILES string of the molecule is CNc1cc(C(F)(F)F)cc(NCc2ncc(C)o2)n1. The van der Waals surface area contributed by atoms with Crippen molar-refractivity contribution in [3.05, 3.63) is 35.5 Å². The fourth-order valence-corrected chi connectivity index (χ4v) is 1.56. The summed E-state index contributed by atoms with van der Waals surface area (Å²) >= 11 is 0. The van der Waals surface area contributed by atoms with Crippen molar-refractivity contribution in [3.63, 3.8) is 0 Å². The molecule has 2 aromatic heterocycles. The summed E-state index contributed by atoms with van der Waals surface area (Å²) in [6.07, 6.45) is -2.89. The monoisotopic (exact) mass is 286 g/mol. The third kappa shape index (κ3) is 3.40. The van der Waals surface area contributed by atoms with Crippen LogP contribution in [0.1, 0.15) is 17.2 Å². The van der Waals surface area contributed by atoms with Crippen LogP contribution in [0.4, 0.5) is 24.8 Å². The van der Waals surface area contributed by atoms with Crippen LogP contribution < -0.4 is 10.6 Å². The van der Waals surface area contributed by atoms with Crippen molar-refractivity contribution in [1.29, 1.82) is 0 Å².